The van der Waals surface area contributed by atoms with Crippen LogP contribution in [0.2, 0.25) is 0 Å². The van der Waals surface area contributed by atoms with Crippen molar-refractivity contribution in [1.29, 1.82) is 0 Å². The van der Waals surface area contributed by atoms with Crippen LogP contribution < -0.4 is 0 Å². The second-order valence-electron chi connectivity index (χ2n) is 3.17. The molecular formula is C9H11FO2S. The number of halogens is 1. The van der Waals surface area contributed by atoms with Crippen molar-refractivity contribution in [3.05, 3.63) is 28.8 Å². The van der Waals surface area contributed by atoms with Crippen LogP contribution in [0.15, 0.2) is 17.0 Å². The number of hydrogen-bond donors (Lipinski definition) is 0. The molecule has 4 heteroatoms. The molecule has 1 aromatic rings. The van der Waals surface area contributed by atoms with Crippen molar-refractivity contribution < 1.29 is 12.3 Å². The van der Waals surface area contributed by atoms with Gasteiger partial charge in [0.1, 0.15) is 4.90 Å². The molecule has 1 rings (SSSR count). The summed E-state index contributed by atoms with van der Waals surface area (Å²) in [5, 5.41) is 0. The summed E-state index contributed by atoms with van der Waals surface area (Å²) in [5.74, 6) is 0. The van der Waals surface area contributed by atoms with Crippen LogP contribution in [0.5, 0.6) is 0 Å². The monoisotopic (exact) mass is 202 g/mol. The Bertz CT molecular complexity index is 412. The minimum absolute atomic E-state index is 0.196. The molecule has 0 aliphatic heterocycles. The first kappa shape index (κ1) is 10.2. The van der Waals surface area contributed by atoms with E-state index in [0.29, 0.717) is 11.1 Å². The summed E-state index contributed by atoms with van der Waals surface area (Å²) in [4.78, 5) is -0.196. The second-order valence-corrected chi connectivity index (χ2v) is 4.45. The van der Waals surface area contributed by atoms with E-state index in [1.165, 1.54) is 0 Å². The Balaban J connectivity index is 3.57. The largest absolute Gasteiger partial charge is 0.332 e. The first-order valence-corrected chi connectivity index (χ1v) is 5.23. The van der Waals surface area contributed by atoms with E-state index in [-0.39, 0.29) is 4.90 Å². The summed E-state index contributed by atoms with van der Waals surface area (Å²) < 4.78 is 34.2. The normalized spacial score (nSPS) is 11.7. The number of benzene rings is 1. The zero-order chi connectivity index (χ0) is 10.2. The summed E-state index contributed by atoms with van der Waals surface area (Å²) >= 11 is 0. The molecule has 0 saturated heterocycles. The van der Waals surface area contributed by atoms with Gasteiger partial charge in [-0.2, -0.15) is 8.42 Å². The highest BCUT2D eigenvalue weighted by Crippen LogP contribution is 2.23. The van der Waals surface area contributed by atoms with Gasteiger partial charge in [0.2, 0.25) is 0 Å². The molecular weight excluding hydrogens is 191 g/mol. The Kier molecular flexibility index (Phi) is 2.43. The highest BCUT2D eigenvalue weighted by molar-refractivity contribution is 7.86. The van der Waals surface area contributed by atoms with Crippen LogP contribution >= 0.6 is 0 Å². The molecule has 0 aliphatic carbocycles. The van der Waals surface area contributed by atoms with Gasteiger partial charge in [-0.15, -0.1) is 3.89 Å². The van der Waals surface area contributed by atoms with Gasteiger partial charge in [-0.3, -0.25) is 0 Å². The van der Waals surface area contributed by atoms with Crippen LogP contribution in [0.1, 0.15) is 16.7 Å². The maximum Gasteiger partial charge on any atom is 0.332 e. The minimum atomic E-state index is -4.58. The molecule has 0 aliphatic rings. The lowest BCUT2D eigenvalue weighted by Gasteiger charge is -2.06. The number of aryl methyl sites for hydroxylation is 3. The molecule has 0 unspecified atom stereocenters. The Morgan fingerprint density at radius 1 is 1.08 bits per heavy atom. The topological polar surface area (TPSA) is 34.1 Å². The molecule has 0 radical (unpaired) electrons. The van der Waals surface area contributed by atoms with Crippen LogP contribution in [0.25, 0.3) is 0 Å². The van der Waals surface area contributed by atoms with Crippen molar-refractivity contribution in [3.63, 3.8) is 0 Å². The maximum atomic E-state index is 12.7. The SMILES string of the molecule is Cc1cc(C)c(S(=O)(=O)F)c(C)c1. The molecule has 0 heterocycles. The first-order chi connectivity index (χ1) is 5.82. The van der Waals surface area contributed by atoms with Crippen LogP contribution in [-0.2, 0) is 10.2 Å². The van der Waals surface area contributed by atoms with Crippen molar-refractivity contribution in [2.75, 3.05) is 0 Å². The van der Waals surface area contributed by atoms with E-state index in [1.807, 2.05) is 6.92 Å². The van der Waals surface area contributed by atoms with Crippen molar-refractivity contribution in [2.24, 2.45) is 0 Å². The van der Waals surface area contributed by atoms with E-state index in [9.17, 15) is 12.3 Å². The molecule has 0 spiro atoms. The van der Waals surface area contributed by atoms with Gasteiger partial charge in [0.15, 0.2) is 0 Å². The van der Waals surface area contributed by atoms with Crippen LogP contribution in [0.3, 0.4) is 0 Å². The maximum absolute atomic E-state index is 12.7. The Morgan fingerprint density at radius 3 is 1.77 bits per heavy atom. The van der Waals surface area contributed by atoms with Crippen LogP contribution in [0.4, 0.5) is 3.89 Å². The highest BCUT2D eigenvalue weighted by Gasteiger charge is 2.17. The van der Waals surface area contributed by atoms with Gasteiger partial charge < -0.3 is 0 Å². The Hall–Kier alpha value is -0.900. The summed E-state index contributed by atoms with van der Waals surface area (Å²) in [6.07, 6.45) is 0. The molecule has 1 aromatic carbocycles. The van der Waals surface area contributed by atoms with Crippen molar-refractivity contribution >= 4 is 10.2 Å². The molecule has 0 fully saturated rings. The standard InChI is InChI=1S/C9H11FO2S/c1-6-4-7(2)9(8(3)5-6)13(10,11)12/h4-5H,1-3H3. The molecule has 2 nitrogen and oxygen atoms in total. The molecule has 0 saturated carbocycles. The molecule has 72 valence electrons. The fourth-order valence-electron chi connectivity index (χ4n) is 1.55. The third kappa shape index (κ3) is 2.06. The molecule has 0 atom stereocenters. The quantitative estimate of drug-likeness (QED) is 0.655. The molecule has 0 N–H and O–H groups in total. The van der Waals surface area contributed by atoms with Gasteiger partial charge >= 0.3 is 10.2 Å². The van der Waals surface area contributed by atoms with Gasteiger partial charge in [0.05, 0.1) is 0 Å². The molecule has 0 aromatic heterocycles. The molecule has 13 heavy (non-hydrogen) atoms. The number of rotatable bonds is 1. The third-order valence-electron chi connectivity index (χ3n) is 1.85. The van der Waals surface area contributed by atoms with Gasteiger partial charge in [0, 0.05) is 0 Å². The third-order valence-corrected chi connectivity index (χ3v) is 2.98. The molecule has 0 amide bonds. The van der Waals surface area contributed by atoms with E-state index < -0.39 is 10.2 Å². The van der Waals surface area contributed by atoms with E-state index >= 15 is 0 Å². The summed E-state index contributed by atoms with van der Waals surface area (Å²) in [6, 6.07) is 3.30. The van der Waals surface area contributed by atoms with E-state index in [0.717, 1.165) is 5.56 Å². The molecule has 0 bridgehead atoms. The first-order valence-electron chi connectivity index (χ1n) is 3.85. The zero-order valence-electron chi connectivity index (χ0n) is 7.76. The fraction of sp³-hybridized carbons (Fsp3) is 0.333. The average molecular weight is 202 g/mol. The predicted octanol–water partition coefficient (Wildman–Crippen LogP) is 2.27. The summed E-state index contributed by atoms with van der Waals surface area (Å²) in [7, 11) is -4.58. The van der Waals surface area contributed by atoms with Gasteiger partial charge in [0.25, 0.3) is 0 Å². The number of hydrogen-bond acceptors (Lipinski definition) is 2. The minimum Gasteiger partial charge on any atom is -0.189 e. The van der Waals surface area contributed by atoms with E-state index in [4.69, 9.17) is 0 Å². The van der Waals surface area contributed by atoms with Crippen LogP contribution in [-0.4, -0.2) is 8.42 Å². The Labute approximate surface area is 77.6 Å². The van der Waals surface area contributed by atoms with Crippen molar-refractivity contribution in [1.82, 2.24) is 0 Å². The van der Waals surface area contributed by atoms with Gasteiger partial charge in [-0.05, 0) is 31.9 Å². The van der Waals surface area contributed by atoms with Crippen LogP contribution in [0, 0.1) is 20.8 Å². The highest BCUT2D eigenvalue weighted by atomic mass is 32.3. The lowest BCUT2D eigenvalue weighted by molar-refractivity contribution is 0.550. The lowest BCUT2D eigenvalue weighted by Crippen LogP contribution is -1.99. The smallest absolute Gasteiger partial charge is 0.189 e. The van der Waals surface area contributed by atoms with Crippen molar-refractivity contribution in [2.45, 2.75) is 25.7 Å². The van der Waals surface area contributed by atoms with E-state index in [1.54, 1.807) is 26.0 Å². The fourth-order valence-corrected chi connectivity index (χ4v) is 2.44. The average Bonchev–Trinajstić information content (AvgIpc) is 1.78. The predicted molar refractivity (Wildman–Crippen MR) is 48.9 cm³/mol. The van der Waals surface area contributed by atoms with Gasteiger partial charge in [-0.25, -0.2) is 0 Å². The lowest BCUT2D eigenvalue weighted by atomic mass is 10.1. The summed E-state index contributed by atoms with van der Waals surface area (Å²) in [6.45, 7) is 5.02. The van der Waals surface area contributed by atoms with Crippen molar-refractivity contribution in [3.8, 4) is 0 Å². The van der Waals surface area contributed by atoms with E-state index in [2.05, 4.69) is 0 Å². The summed E-state index contributed by atoms with van der Waals surface area (Å²) in [5.41, 5.74) is 1.85. The Morgan fingerprint density at radius 2 is 1.46 bits per heavy atom. The zero-order valence-corrected chi connectivity index (χ0v) is 8.57. The van der Waals surface area contributed by atoms with Gasteiger partial charge in [-0.1, -0.05) is 17.7 Å². The second kappa shape index (κ2) is 3.10.